The SMILES string of the molecule is CN1CC(CO)N(Cc2cccnc2)CC(C)(C)C1. The Morgan fingerprint density at radius 1 is 1.42 bits per heavy atom. The van der Waals surface area contributed by atoms with Gasteiger partial charge in [-0.1, -0.05) is 19.9 Å². The van der Waals surface area contributed by atoms with Gasteiger partial charge in [0.25, 0.3) is 0 Å². The molecular weight excluding hydrogens is 238 g/mol. The molecule has 1 aliphatic rings. The lowest BCUT2D eigenvalue weighted by atomic mass is 9.92. The highest BCUT2D eigenvalue weighted by molar-refractivity contribution is 5.09. The molecule has 1 atom stereocenters. The van der Waals surface area contributed by atoms with E-state index in [4.69, 9.17) is 0 Å². The Labute approximate surface area is 116 Å². The minimum atomic E-state index is 0.201. The van der Waals surface area contributed by atoms with Crippen molar-refractivity contribution in [1.82, 2.24) is 14.8 Å². The molecule has 1 aromatic rings. The molecule has 0 bridgehead atoms. The normalized spacial score (nSPS) is 25.2. The van der Waals surface area contributed by atoms with Crippen molar-refractivity contribution in [2.24, 2.45) is 5.41 Å². The minimum absolute atomic E-state index is 0.201. The summed E-state index contributed by atoms with van der Waals surface area (Å²) >= 11 is 0. The van der Waals surface area contributed by atoms with Crippen molar-refractivity contribution in [2.45, 2.75) is 26.4 Å². The first-order chi connectivity index (χ1) is 9.00. The summed E-state index contributed by atoms with van der Waals surface area (Å²) in [5, 5.41) is 9.67. The molecule has 0 saturated carbocycles. The van der Waals surface area contributed by atoms with Crippen molar-refractivity contribution >= 4 is 0 Å². The van der Waals surface area contributed by atoms with Crippen LogP contribution in [-0.2, 0) is 6.54 Å². The summed E-state index contributed by atoms with van der Waals surface area (Å²) in [4.78, 5) is 8.89. The number of likely N-dealkylation sites (N-methyl/N-ethyl adjacent to an activating group) is 1. The summed E-state index contributed by atoms with van der Waals surface area (Å²) in [5.41, 5.74) is 1.45. The van der Waals surface area contributed by atoms with Gasteiger partial charge in [0.1, 0.15) is 0 Å². The Bertz CT molecular complexity index is 394. The number of nitrogens with zero attached hydrogens (tertiary/aromatic N) is 3. The summed E-state index contributed by atoms with van der Waals surface area (Å²) in [6.07, 6.45) is 3.71. The van der Waals surface area contributed by atoms with Crippen LogP contribution in [0, 0.1) is 5.41 Å². The lowest BCUT2D eigenvalue weighted by Gasteiger charge is -2.33. The van der Waals surface area contributed by atoms with Gasteiger partial charge in [0.15, 0.2) is 0 Å². The van der Waals surface area contributed by atoms with Gasteiger partial charge in [0.2, 0.25) is 0 Å². The largest absolute Gasteiger partial charge is 0.395 e. The number of aliphatic hydroxyl groups is 1. The fourth-order valence-electron chi connectivity index (χ4n) is 3.08. The van der Waals surface area contributed by atoms with Crippen molar-refractivity contribution in [3.05, 3.63) is 30.1 Å². The second-order valence-electron chi connectivity index (χ2n) is 6.46. The number of aliphatic hydroxyl groups excluding tert-OH is 1. The Morgan fingerprint density at radius 3 is 2.84 bits per heavy atom. The molecule has 19 heavy (non-hydrogen) atoms. The van der Waals surface area contributed by atoms with Crippen molar-refractivity contribution in [2.75, 3.05) is 33.3 Å². The van der Waals surface area contributed by atoms with Gasteiger partial charge in [-0.05, 0) is 24.1 Å². The molecule has 1 unspecified atom stereocenters. The van der Waals surface area contributed by atoms with Crippen molar-refractivity contribution in [1.29, 1.82) is 0 Å². The van der Waals surface area contributed by atoms with E-state index in [1.54, 1.807) is 6.20 Å². The number of hydrogen-bond acceptors (Lipinski definition) is 4. The molecule has 1 aliphatic heterocycles. The fourth-order valence-corrected chi connectivity index (χ4v) is 3.08. The van der Waals surface area contributed by atoms with E-state index in [0.29, 0.717) is 0 Å². The molecule has 0 spiro atoms. The minimum Gasteiger partial charge on any atom is -0.395 e. The number of hydrogen-bond donors (Lipinski definition) is 1. The summed E-state index contributed by atoms with van der Waals surface area (Å²) in [6.45, 7) is 8.63. The predicted octanol–water partition coefficient (Wildman–Crippen LogP) is 1.22. The molecule has 106 valence electrons. The smallest absolute Gasteiger partial charge is 0.0599 e. The van der Waals surface area contributed by atoms with E-state index in [1.807, 2.05) is 12.3 Å². The van der Waals surface area contributed by atoms with Crippen LogP contribution in [0.4, 0.5) is 0 Å². The maximum absolute atomic E-state index is 9.67. The first-order valence-corrected chi connectivity index (χ1v) is 6.92. The van der Waals surface area contributed by atoms with Gasteiger partial charge in [-0.15, -0.1) is 0 Å². The summed E-state index contributed by atoms with van der Waals surface area (Å²) in [7, 11) is 2.14. The van der Waals surface area contributed by atoms with Crippen LogP contribution in [0.25, 0.3) is 0 Å². The Hall–Kier alpha value is -0.970. The van der Waals surface area contributed by atoms with Gasteiger partial charge in [-0.3, -0.25) is 9.88 Å². The molecule has 0 aliphatic carbocycles. The van der Waals surface area contributed by atoms with Crippen LogP contribution in [0.5, 0.6) is 0 Å². The average molecular weight is 263 g/mol. The first kappa shape index (κ1) is 14.4. The number of aromatic nitrogens is 1. The summed E-state index contributed by atoms with van der Waals surface area (Å²) in [5.74, 6) is 0. The van der Waals surface area contributed by atoms with Crippen LogP contribution in [-0.4, -0.2) is 59.2 Å². The molecule has 0 amide bonds. The molecule has 1 fully saturated rings. The Kier molecular flexibility index (Phi) is 4.55. The monoisotopic (exact) mass is 263 g/mol. The Morgan fingerprint density at radius 2 is 2.21 bits per heavy atom. The zero-order chi connectivity index (χ0) is 13.9. The maximum Gasteiger partial charge on any atom is 0.0599 e. The molecule has 1 N–H and O–H groups in total. The quantitative estimate of drug-likeness (QED) is 0.890. The van der Waals surface area contributed by atoms with Crippen LogP contribution >= 0.6 is 0 Å². The van der Waals surface area contributed by atoms with Gasteiger partial charge >= 0.3 is 0 Å². The topological polar surface area (TPSA) is 39.6 Å². The molecule has 0 aromatic carbocycles. The predicted molar refractivity (Wildman–Crippen MR) is 76.8 cm³/mol. The highest BCUT2D eigenvalue weighted by atomic mass is 16.3. The fraction of sp³-hybridized carbons (Fsp3) is 0.667. The molecule has 4 nitrogen and oxygen atoms in total. The number of rotatable bonds is 3. The van der Waals surface area contributed by atoms with Gasteiger partial charge in [0.05, 0.1) is 6.61 Å². The van der Waals surface area contributed by atoms with E-state index in [-0.39, 0.29) is 18.1 Å². The van der Waals surface area contributed by atoms with Gasteiger partial charge in [0, 0.05) is 44.6 Å². The third kappa shape index (κ3) is 4.00. The molecule has 1 aromatic heterocycles. The average Bonchev–Trinajstić information content (AvgIpc) is 2.45. The molecule has 2 heterocycles. The third-order valence-corrected chi connectivity index (χ3v) is 3.69. The highest BCUT2D eigenvalue weighted by Gasteiger charge is 2.32. The van der Waals surface area contributed by atoms with Crippen LogP contribution in [0.15, 0.2) is 24.5 Å². The third-order valence-electron chi connectivity index (χ3n) is 3.69. The van der Waals surface area contributed by atoms with E-state index < -0.39 is 0 Å². The van der Waals surface area contributed by atoms with E-state index >= 15 is 0 Å². The van der Waals surface area contributed by atoms with E-state index in [2.05, 4.69) is 41.7 Å². The molecular formula is C15H25N3O. The second kappa shape index (κ2) is 5.99. The second-order valence-corrected chi connectivity index (χ2v) is 6.46. The van der Waals surface area contributed by atoms with Gasteiger partial charge in [-0.2, -0.15) is 0 Å². The van der Waals surface area contributed by atoms with E-state index in [1.165, 1.54) is 5.56 Å². The van der Waals surface area contributed by atoms with Gasteiger partial charge in [-0.25, -0.2) is 0 Å². The van der Waals surface area contributed by atoms with Crippen molar-refractivity contribution < 1.29 is 5.11 Å². The van der Waals surface area contributed by atoms with Gasteiger partial charge < -0.3 is 10.0 Å². The zero-order valence-corrected chi connectivity index (χ0v) is 12.2. The van der Waals surface area contributed by atoms with E-state index in [9.17, 15) is 5.11 Å². The maximum atomic E-state index is 9.67. The lowest BCUT2D eigenvalue weighted by Crippen LogP contribution is -2.43. The molecule has 4 heteroatoms. The van der Waals surface area contributed by atoms with Crippen molar-refractivity contribution in [3.63, 3.8) is 0 Å². The standard InChI is InChI=1S/C15H25N3O/c1-15(2)11-17(3)9-14(10-19)18(12-15)8-13-5-4-6-16-7-13/h4-7,14,19H,8-12H2,1-3H3. The van der Waals surface area contributed by atoms with Crippen molar-refractivity contribution in [3.8, 4) is 0 Å². The number of pyridine rings is 1. The molecule has 0 radical (unpaired) electrons. The Balaban J connectivity index is 2.14. The highest BCUT2D eigenvalue weighted by Crippen LogP contribution is 2.25. The summed E-state index contributed by atoms with van der Waals surface area (Å²) in [6, 6.07) is 4.27. The van der Waals surface area contributed by atoms with Crippen LogP contribution < -0.4 is 0 Å². The van der Waals surface area contributed by atoms with Crippen LogP contribution in [0.3, 0.4) is 0 Å². The molecule has 2 rings (SSSR count). The van der Waals surface area contributed by atoms with E-state index in [0.717, 1.165) is 26.2 Å². The van der Waals surface area contributed by atoms with Crippen LogP contribution in [0.2, 0.25) is 0 Å². The first-order valence-electron chi connectivity index (χ1n) is 6.92. The summed E-state index contributed by atoms with van der Waals surface area (Å²) < 4.78 is 0. The lowest BCUT2D eigenvalue weighted by molar-refractivity contribution is 0.0978. The zero-order valence-electron chi connectivity index (χ0n) is 12.2. The van der Waals surface area contributed by atoms with Crippen LogP contribution in [0.1, 0.15) is 19.4 Å². The molecule has 1 saturated heterocycles.